The summed E-state index contributed by atoms with van der Waals surface area (Å²) in [6.45, 7) is 2.01. The smallest absolute Gasteiger partial charge is 0.159 e. The number of rotatable bonds is 0. The molecule has 0 fully saturated rings. The van der Waals surface area contributed by atoms with Crippen molar-refractivity contribution in [1.29, 1.82) is 0 Å². The SMILES string of the molecule is CC1C=CC2=C(N1)S(=O)Cc1cnccc1O2. The molecule has 3 heterocycles. The molecule has 88 valence electrons. The van der Waals surface area contributed by atoms with E-state index in [0.717, 1.165) is 11.3 Å². The van der Waals surface area contributed by atoms with E-state index in [1.807, 2.05) is 19.1 Å². The third-order valence-corrected chi connectivity index (χ3v) is 4.06. The third kappa shape index (κ3) is 1.86. The molecule has 0 aliphatic carbocycles. The lowest BCUT2D eigenvalue weighted by Crippen LogP contribution is -2.30. The zero-order chi connectivity index (χ0) is 11.8. The average Bonchev–Trinajstić information content (AvgIpc) is 2.46. The molecule has 4 nitrogen and oxygen atoms in total. The predicted molar refractivity (Wildman–Crippen MR) is 65.5 cm³/mol. The van der Waals surface area contributed by atoms with Gasteiger partial charge in [0.1, 0.15) is 10.8 Å². The van der Waals surface area contributed by atoms with Crippen LogP contribution in [-0.2, 0) is 16.6 Å². The van der Waals surface area contributed by atoms with Crippen molar-refractivity contribution in [2.24, 2.45) is 0 Å². The number of hydrogen-bond acceptors (Lipinski definition) is 4. The fraction of sp³-hybridized carbons (Fsp3) is 0.250. The molecule has 0 bridgehead atoms. The first-order valence-electron chi connectivity index (χ1n) is 5.42. The highest BCUT2D eigenvalue weighted by atomic mass is 32.2. The summed E-state index contributed by atoms with van der Waals surface area (Å²) in [6.07, 6.45) is 7.25. The van der Waals surface area contributed by atoms with Crippen LogP contribution in [-0.4, -0.2) is 15.2 Å². The highest BCUT2D eigenvalue weighted by Gasteiger charge is 2.24. The van der Waals surface area contributed by atoms with Gasteiger partial charge in [0.15, 0.2) is 5.76 Å². The Morgan fingerprint density at radius 2 is 2.47 bits per heavy atom. The van der Waals surface area contributed by atoms with Crippen molar-refractivity contribution < 1.29 is 8.95 Å². The first-order chi connectivity index (χ1) is 8.24. The van der Waals surface area contributed by atoms with Gasteiger partial charge < -0.3 is 10.1 Å². The quantitative estimate of drug-likeness (QED) is 0.755. The molecule has 1 aromatic rings. The zero-order valence-electron chi connectivity index (χ0n) is 9.34. The minimum atomic E-state index is -1.10. The van der Waals surface area contributed by atoms with Crippen molar-refractivity contribution in [2.45, 2.75) is 18.7 Å². The summed E-state index contributed by atoms with van der Waals surface area (Å²) in [5, 5.41) is 3.87. The van der Waals surface area contributed by atoms with Crippen molar-refractivity contribution in [3.8, 4) is 5.75 Å². The molecular weight excluding hydrogens is 236 g/mol. The number of ether oxygens (including phenoxy) is 1. The number of aromatic nitrogens is 1. The van der Waals surface area contributed by atoms with Crippen LogP contribution in [0.5, 0.6) is 5.75 Å². The van der Waals surface area contributed by atoms with Gasteiger partial charge in [-0.25, -0.2) is 0 Å². The normalized spacial score (nSPS) is 26.4. The van der Waals surface area contributed by atoms with E-state index in [4.69, 9.17) is 4.74 Å². The summed E-state index contributed by atoms with van der Waals surface area (Å²) >= 11 is 0. The molecule has 0 saturated carbocycles. The van der Waals surface area contributed by atoms with E-state index >= 15 is 0 Å². The van der Waals surface area contributed by atoms with Crippen LogP contribution in [0.25, 0.3) is 0 Å². The maximum absolute atomic E-state index is 12.2. The molecule has 0 radical (unpaired) electrons. The van der Waals surface area contributed by atoms with Crippen LogP contribution in [0.4, 0.5) is 0 Å². The molecule has 0 amide bonds. The number of allylic oxidation sites excluding steroid dienone is 1. The van der Waals surface area contributed by atoms with Crippen LogP contribution in [0.3, 0.4) is 0 Å². The number of pyridine rings is 1. The molecule has 5 heteroatoms. The Morgan fingerprint density at radius 3 is 3.35 bits per heavy atom. The van der Waals surface area contributed by atoms with E-state index in [1.165, 1.54) is 0 Å². The number of hydrogen-bond donors (Lipinski definition) is 1. The van der Waals surface area contributed by atoms with Gasteiger partial charge in [-0.1, -0.05) is 6.08 Å². The number of nitrogens with zero attached hydrogens (tertiary/aromatic N) is 1. The van der Waals surface area contributed by atoms with Crippen molar-refractivity contribution in [1.82, 2.24) is 10.3 Å². The lowest BCUT2D eigenvalue weighted by Gasteiger charge is -2.19. The van der Waals surface area contributed by atoms with E-state index in [1.54, 1.807) is 18.5 Å². The van der Waals surface area contributed by atoms with Gasteiger partial charge in [-0.05, 0) is 19.1 Å². The molecule has 2 aliphatic heterocycles. The predicted octanol–water partition coefficient (Wildman–Crippen LogP) is 1.44. The second kappa shape index (κ2) is 4.00. The summed E-state index contributed by atoms with van der Waals surface area (Å²) in [7, 11) is -1.10. The van der Waals surface area contributed by atoms with Gasteiger partial charge in [0.25, 0.3) is 0 Å². The highest BCUT2D eigenvalue weighted by Crippen LogP contribution is 2.29. The third-order valence-electron chi connectivity index (χ3n) is 2.71. The van der Waals surface area contributed by atoms with Gasteiger partial charge >= 0.3 is 0 Å². The highest BCUT2D eigenvalue weighted by molar-refractivity contribution is 7.88. The maximum Gasteiger partial charge on any atom is 0.159 e. The van der Waals surface area contributed by atoms with E-state index in [2.05, 4.69) is 10.3 Å². The first kappa shape index (κ1) is 10.5. The number of nitrogens with one attached hydrogen (secondary N) is 1. The largest absolute Gasteiger partial charge is 0.454 e. The first-order valence-corrected chi connectivity index (χ1v) is 6.74. The summed E-state index contributed by atoms with van der Waals surface area (Å²) in [4.78, 5) is 4.04. The molecule has 0 saturated heterocycles. The monoisotopic (exact) mass is 248 g/mol. The molecule has 3 rings (SSSR count). The standard InChI is InChI=1S/C12H12N2O2S/c1-8-2-3-11-12(14-8)17(15)7-9-6-13-5-4-10(9)16-11/h2-6,8,14H,7H2,1H3. The number of dihydropyridines is 1. The molecule has 0 spiro atoms. The number of fused-ring (bicyclic) bond motifs is 1. The van der Waals surface area contributed by atoms with Crippen molar-refractivity contribution in [3.05, 3.63) is 47.0 Å². The summed E-state index contributed by atoms with van der Waals surface area (Å²) in [6, 6.07) is 1.98. The fourth-order valence-electron chi connectivity index (χ4n) is 1.85. The van der Waals surface area contributed by atoms with Crippen LogP contribution >= 0.6 is 0 Å². The van der Waals surface area contributed by atoms with Crippen LogP contribution in [0.15, 0.2) is 41.4 Å². The second-order valence-corrected chi connectivity index (χ2v) is 5.45. The summed E-state index contributed by atoms with van der Waals surface area (Å²) in [5.41, 5.74) is 0.878. The Morgan fingerprint density at radius 1 is 1.59 bits per heavy atom. The van der Waals surface area contributed by atoms with E-state index < -0.39 is 10.8 Å². The van der Waals surface area contributed by atoms with Gasteiger partial charge in [0.2, 0.25) is 0 Å². The fourth-order valence-corrected chi connectivity index (χ4v) is 3.14. The van der Waals surface area contributed by atoms with Crippen LogP contribution < -0.4 is 10.1 Å². The van der Waals surface area contributed by atoms with Crippen LogP contribution in [0, 0.1) is 0 Å². The Bertz CT molecular complexity index is 551. The molecule has 2 unspecified atom stereocenters. The molecule has 0 aromatic carbocycles. The Labute approximate surface area is 102 Å². The van der Waals surface area contributed by atoms with E-state index in [-0.39, 0.29) is 6.04 Å². The Hall–Kier alpha value is -1.62. The summed E-state index contributed by atoms with van der Waals surface area (Å²) in [5.74, 6) is 1.82. The minimum absolute atomic E-state index is 0.181. The van der Waals surface area contributed by atoms with Gasteiger partial charge in [-0.15, -0.1) is 0 Å². The van der Waals surface area contributed by atoms with Crippen molar-refractivity contribution in [3.63, 3.8) is 0 Å². The lowest BCUT2D eigenvalue weighted by atomic mass is 10.2. The topological polar surface area (TPSA) is 51.2 Å². The zero-order valence-corrected chi connectivity index (χ0v) is 10.2. The van der Waals surface area contributed by atoms with Gasteiger partial charge in [-0.3, -0.25) is 9.19 Å². The second-order valence-electron chi connectivity index (χ2n) is 4.06. The lowest BCUT2D eigenvalue weighted by molar-refractivity contribution is 0.429. The van der Waals surface area contributed by atoms with Crippen molar-refractivity contribution in [2.75, 3.05) is 0 Å². The van der Waals surface area contributed by atoms with Crippen LogP contribution in [0.1, 0.15) is 12.5 Å². The van der Waals surface area contributed by atoms with E-state index in [9.17, 15) is 4.21 Å². The van der Waals surface area contributed by atoms with E-state index in [0.29, 0.717) is 16.5 Å². The minimum Gasteiger partial charge on any atom is -0.454 e. The van der Waals surface area contributed by atoms with Crippen LogP contribution in [0.2, 0.25) is 0 Å². The average molecular weight is 248 g/mol. The van der Waals surface area contributed by atoms with Gasteiger partial charge in [0, 0.05) is 24.0 Å². The molecule has 2 aliphatic rings. The van der Waals surface area contributed by atoms with Gasteiger partial charge in [-0.2, -0.15) is 0 Å². The maximum atomic E-state index is 12.2. The summed E-state index contributed by atoms with van der Waals surface area (Å²) < 4.78 is 18.0. The molecule has 1 N–H and O–H groups in total. The molecule has 2 atom stereocenters. The Kier molecular flexibility index (Phi) is 2.48. The van der Waals surface area contributed by atoms with Gasteiger partial charge in [0.05, 0.1) is 16.6 Å². The Balaban J connectivity index is 2.06. The molecular formula is C12H12N2O2S. The molecule has 1 aromatic heterocycles. The van der Waals surface area contributed by atoms with Crippen molar-refractivity contribution >= 4 is 10.8 Å². The molecule has 17 heavy (non-hydrogen) atoms.